The number of carbonyl (C=O) groups excluding carboxylic acids is 1. The molecular formula is C27H32N6O2. The zero-order valence-corrected chi connectivity index (χ0v) is 20.7. The number of ether oxygens (including phenoxy) is 1. The van der Waals surface area contributed by atoms with Crippen LogP contribution in [-0.2, 0) is 12.8 Å². The molecule has 1 saturated carbocycles. The Hall–Kier alpha value is -3.26. The van der Waals surface area contributed by atoms with E-state index in [-0.39, 0.29) is 5.91 Å². The van der Waals surface area contributed by atoms with Gasteiger partial charge in [0.2, 0.25) is 0 Å². The van der Waals surface area contributed by atoms with E-state index in [1.165, 1.54) is 5.56 Å². The summed E-state index contributed by atoms with van der Waals surface area (Å²) in [5.41, 5.74) is 6.09. The van der Waals surface area contributed by atoms with Crippen molar-refractivity contribution in [3.8, 4) is 23.0 Å². The number of benzene rings is 1. The molecule has 0 spiro atoms. The summed E-state index contributed by atoms with van der Waals surface area (Å²) < 4.78 is 7.28. The SMILES string of the molecule is COc1ccc2c(c1)-c1nc(-n3ncc(C(=O)N4CCN(C(C)C)CC4)c3C3CC3)ncc1CC2. The summed E-state index contributed by atoms with van der Waals surface area (Å²) in [7, 11) is 1.68. The lowest BCUT2D eigenvalue weighted by Gasteiger charge is -2.36. The Morgan fingerprint density at radius 3 is 2.54 bits per heavy atom. The third kappa shape index (κ3) is 3.99. The van der Waals surface area contributed by atoms with E-state index in [2.05, 4.69) is 41.0 Å². The predicted molar refractivity (Wildman–Crippen MR) is 133 cm³/mol. The lowest BCUT2D eigenvalue weighted by atomic mass is 9.90. The van der Waals surface area contributed by atoms with Crippen molar-refractivity contribution in [2.24, 2.45) is 0 Å². The molecule has 3 aromatic rings. The van der Waals surface area contributed by atoms with Crippen LogP contribution in [-0.4, -0.2) is 74.8 Å². The molecule has 3 heterocycles. The molecular weight excluding hydrogens is 440 g/mol. The van der Waals surface area contributed by atoms with Gasteiger partial charge in [0.05, 0.1) is 30.3 Å². The lowest BCUT2D eigenvalue weighted by molar-refractivity contribution is 0.0594. The average molecular weight is 473 g/mol. The van der Waals surface area contributed by atoms with Gasteiger partial charge in [-0.1, -0.05) is 6.07 Å². The lowest BCUT2D eigenvalue weighted by Crippen LogP contribution is -2.50. The van der Waals surface area contributed by atoms with Crippen molar-refractivity contribution in [2.75, 3.05) is 33.3 Å². The van der Waals surface area contributed by atoms with Crippen molar-refractivity contribution in [1.29, 1.82) is 0 Å². The maximum Gasteiger partial charge on any atom is 0.257 e. The summed E-state index contributed by atoms with van der Waals surface area (Å²) in [4.78, 5) is 27.6. The quantitative estimate of drug-likeness (QED) is 0.566. The van der Waals surface area contributed by atoms with E-state index < -0.39 is 0 Å². The van der Waals surface area contributed by atoms with Crippen LogP contribution in [0.15, 0.2) is 30.6 Å². The van der Waals surface area contributed by atoms with E-state index in [4.69, 9.17) is 9.72 Å². The highest BCUT2D eigenvalue weighted by atomic mass is 16.5. The van der Waals surface area contributed by atoms with E-state index in [0.29, 0.717) is 23.5 Å². The molecule has 1 saturated heterocycles. The Morgan fingerprint density at radius 2 is 1.83 bits per heavy atom. The van der Waals surface area contributed by atoms with E-state index in [9.17, 15) is 4.79 Å². The topological polar surface area (TPSA) is 76.4 Å². The Balaban J connectivity index is 1.34. The van der Waals surface area contributed by atoms with Gasteiger partial charge in [0, 0.05) is 49.9 Å². The van der Waals surface area contributed by atoms with Crippen molar-refractivity contribution in [3.63, 3.8) is 0 Å². The zero-order chi connectivity index (χ0) is 24.1. The van der Waals surface area contributed by atoms with Gasteiger partial charge in [-0.15, -0.1) is 0 Å². The molecule has 8 heteroatoms. The molecule has 0 N–H and O–H groups in total. The first-order valence-electron chi connectivity index (χ1n) is 12.7. The molecule has 3 aliphatic rings. The Bertz CT molecular complexity index is 1270. The summed E-state index contributed by atoms with van der Waals surface area (Å²) >= 11 is 0. The second-order valence-corrected chi connectivity index (χ2v) is 10.1. The van der Waals surface area contributed by atoms with Crippen molar-refractivity contribution >= 4 is 5.91 Å². The molecule has 0 unspecified atom stereocenters. The van der Waals surface area contributed by atoms with Crippen molar-refractivity contribution < 1.29 is 9.53 Å². The Kier molecular flexibility index (Phi) is 5.56. The van der Waals surface area contributed by atoms with Gasteiger partial charge in [0.15, 0.2) is 0 Å². The number of methoxy groups -OCH3 is 1. The van der Waals surface area contributed by atoms with Gasteiger partial charge in [0.1, 0.15) is 5.75 Å². The molecule has 0 radical (unpaired) electrons. The number of aromatic nitrogens is 4. The minimum absolute atomic E-state index is 0.0783. The fourth-order valence-electron chi connectivity index (χ4n) is 5.35. The standard InChI is InChI=1S/C27H32N6O2/c1-17(2)31-10-12-32(13-11-31)26(34)23-16-29-33(25(23)19-5-6-19)27-28-15-20-7-4-18-8-9-21(35-3)14-22(18)24(20)30-27/h8-9,14-17,19H,4-7,10-13H2,1-3H3. The Morgan fingerprint density at radius 1 is 1.06 bits per heavy atom. The molecule has 1 aromatic carbocycles. The van der Waals surface area contributed by atoms with Crippen molar-refractivity contribution in [3.05, 3.63) is 53.0 Å². The van der Waals surface area contributed by atoms with Gasteiger partial charge in [-0.05, 0) is 62.8 Å². The first kappa shape index (κ1) is 22.2. The minimum atomic E-state index is 0.0783. The molecule has 35 heavy (non-hydrogen) atoms. The van der Waals surface area contributed by atoms with Gasteiger partial charge in [-0.3, -0.25) is 9.69 Å². The van der Waals surface area contributed by atoms with E-state index in [1.807, 2.05) is 21.8 Å². The number of rotatable bonds is 5. The fraction of sp³-hybridized carbons (Fsp3) is 0.481. The zero-order valence-electron chi connectivity index (χ0n) is 20.7. The number of hydrogen-bond donors (Lipinski definition) is 0. The summed E-state index contributed by atoms with van der Waals surface area (Å²) in [6.07, 6.45) is 7.66. The Labute approximate surface area is 205 Å². The van der Waals surface area contributed by atoms with Crippen LogP contribution in [0.2, 0.25) is 0 Å². The largest absolute Gasteiger partial charge is 0.497 e. The number of piperazine rings is 1. The van der Waals surface area contributed by atoms with Crippen LogP contribution in [0.5, 0.6) is 5.75 Å². The highest BCUT2D eigenvalue weighted by Gasteiger charge is 2.36. The number of carbonyl (C=O) groups is 1. The molecule has 6 rings (SSSR count). The first-order valence-corrected chi connectivity index (χ1v) is 12.7. The van der Waals surface area contributed by atoms with Crippen molar-refractivity contribution in [2.45, 2.75) is 51.5 Å². The van der Waals surface area contributed by atoms with E-state index >= 15 is 0 Å². The van der Waals surface area contributed by atoms with Gasteiger partial charge in [0.25, 0.3) is 11.9 Å². The summed E-state index contributed by atoms with van der Waals surface area (Å²) in [5.74, 6) is 1.76. The molecule has 1 amide bonds. The fourth-order valence-corrected chi connectivity index (χ4v) is 5.35. The van der Waals surface area contributed by atoms with Crippen LogP contribution >= 0.6 is 0 Å². The third-order valence-corrected chi connectivity index (χ3v) is 7.61. The van der Waals surface area contributed by atoms with Crippen LogP contribution < -0.4 is 4.74 Å². The van der Waals surface area contributed by atoms with E-state index in [1.54, 1.807) is 13.3 Å². The van der Waals surface area contributed by atoms with Crippen LogP contribution in [0.1, 0.15) is 59.8 Å². The van der Waals surface area contributed by atoms with Gasteiger partial charge < -0.3 is 9.64 Å². The first-order chi connectivity index (χ1) is 17.0. The summed E-state index contributed by atoms with van der Waals surface area (Å²) in [5, 5.41) is 4.65. The number of aryl methyl sites for hydroxylation is 2. The molecule has 1 aliphatic heterocycles. The second-order valence-electron chi connectivity index (χ2n) is 10.1. The third-order valence-electron chi connectivity index (χ3n) is 7.61. The number of fused-ring (bicyclic) bond motifs is 3. The van der Waals surface area contributed by atoms with Gasteiger partial charge in [-0.25, -0.2) is 14.6 Å². The van der Waals surface area contributed by atoms with Crippen LogP contribution in [0.3, 0.4) is 0 Å². The normalized spacial score (nSPS) is 17.9. The van der Waals surface area contributed by atoms with Crippen LogP contribution in [0.4, 0.5) is 0 Å². The molecule has 2 aliphatic carbocycles. The maximum atomic E-state index is 13.5. The number of hydrogen-bond acceptors (Lipinski definition) is 6. The van der Waals surface area contributed by atoms with Crippen molar-refractivity contribution in [1.82, 2.24) is 29.5 Å². The maximum absolute atomic E-state index is 13.5. The number of nitrogens with zero attached hydrogens (tertiary/aromatic N) is 6. The van der Waals surface area contributed by atoms with Gasteiger partial charge >= 0.3 is 0 Å². The predicted octanol–water partition coefficient (Wildman–Crippen LogP) is 3.48. The minimum Gasteiger partial charge on any atom is -0.497 e. The number of amides is 1. The van der Waals surface area contributed by atoms with Crippen LogP contribution in [0.25, 0.3) is 17.2 Å². The highest BCUT2D eigenvalue weighted by Crippen LogP contribution is 2.43. The molecule has 2 fully saturated rings. The van der Waals surface area contributed by atoms with Crippen LogP contribution in [0, 0.1) is 0 Å². The molecule has 8 nitrogen and oxygen atoms in total. The average Bonchev–Trinajstić information content (AvgIpc) is 3.65. The second kappa shape index (κ2) is 8.75. The monoisotopic (exact) mass is 472 g/mol. The smallest absolute Gasteiger partial charge is 0.257 e. The summed E-state index contributed by atoms with van der Waals surface area (Å²) in [6.45, 7) is 7.74. The van der Waals surface area contributed by atoms with E-state index in [0.717, 1.165) is 80.1 Å². The molecule has 0 bridgehead atoms. The molecule has 182 valence electrons. The summed E-state index contributed by atoms with van der Waals surface area (Å²) in [6, 6.07) is 6.69. The molecule has 0 atom stereocenters. The molecule has 2 aromatic heterocycles. The van der Waals surface area contributed by atoms with Gasteiger partial charge in [-0.2, -0.15) is 5.10 Å². The highest BCUT2D eigenvalue weighted by molar-refractivity contribution is 5.95.